The molecule has 0 unspecified atom stereocenters. The lowest BCUT2D eigenvalue weighted by atomic mass is 10.1. The largest absolute Gasteiger partial charge is 0.493 e. The highest BCUT2D eigenvalue weighted by Gasteiger charge is 2.16. The molecule has 6 heteroatoms. The topological polar surface area (TPSA) is 67.4 Å². The molecule has 0 radical (unpaired) electrons. The zero-order valence-corrected chi connectivity index (χ0v) is 15.8. The van der Waals surface area contributed by atoms with Crippen molar-refractivity contribution in [1.82, 2.24) is 10.9 Å². The molecule has 1 aromatic carbocycles. The van der Waals surface area contributed by atoms with Gasteiger partial charge in [-0.3, -0.25) is 20.4 Å². The fraction of sp³-hybridized carbons (Fsp3) is 0.400. The highest BCUT2D eigenvalue weighted by molar-refractivity contribution is 7.14. The molecule has 0 saturated heterocycles. The Kier molecular flexibility index (Phi) is 6.28. The number of carbonyl (C=O) groups excluding carboxylic acids is 2. The maximum absolute atomic E-state index is 12.2. The predicted octanol–water partition coefficient (Wildman–Crippen LogP) is 3.56. The van der Waals surface area contributed by atoms with E-state index in [4.69, 9.17) is 4.74 Å². The van der Waals surface area contributed by atoms with E-state index in [-0.39, 0.29) is 24.8 Å². The minimum Gasteiger partial charge on any atom is -0.493 e. The van der Waals surface area contributed by atoms with Crippen molar-refractivity contribution in [2.75, 3.05) is 6.61 Å². The Labute approximate surface area is 157 Å². The molecule has 0 spiro atoms. The molecule has 26 heavy (non-hydrogen) atoms. The molecule has 2 aromatic rings. The van der Waals surface area contributed by atoms with Gasteiger partial charge in [-0.2, -0.15) is 0 Å². The van der Waals surface area contributed by atoms with Crippen molar-refractivity contribution in [3.8, 4) is 5.75 Å². The van der Waals surface area contributed by atoms with Crippen LogP contribution in [0.1, 0.15) is 51.4 Å². The van der Waals surface area contributed by atoms with Gasteiger partial charge >= 0.3 is 0 Å². The van der Waals surface area contributed by atoms with Crippen molar-refractivity contribution in [3.63, 3.8) is 0 Å². The first-order valence-corrected chi connectivity index (χ1v) is 9.84. The monoisotopic (exact) mass is 372 g/mol. The summed E-state index contributed by atoms with van der Waals surface area (Å²) in [6.45, 7) is 2.22. The maximum atomic E-state index is 12.2. The first kappa shape index (κ1) is 18.5. The summed E-state index contributed by atoms with van der Waals surface area (Å²) in [5, 5.41) is 0. The van der Waals surface area contributed by atoms with Crippen molar-refractivity contribution in [1.29, 1.82) is 0 Å². The first-order chi connectivity index (χ1) is 12.6. The van der Waals surface area contributed by atoms with Gasteiger partial charge in [-0.25, -0.2) is 0 Å². The molecule has 1 aromatic heterocycles. The van der Waals surface area contributed by atoms with Crippen LogP contribution in [0, 0.1) is 6.92 Å². The van der Waals surface area contributed by atoms with E-state index in [0.29, 0.717) is 4.88 Å². The average molecular weight is 372 g/mol. The summed E-state index contributed by atoms with van der Waals surface area (Å²) >= 11 is 1.54. The van der Waals surface area contributed by atoms with Gasteiger partial charge in [-0.05, 0) is 55.9 Å². The average Bonchev–Trinajstić information content (AvgIpc) is 2.92. The van der Waals surface area contributed by atoms with Gasteiger partial charge in [0, 0.05) is 4.88 Å². The fourth-order valence-electron chi connectivity index (χ4n) is 3.00. The van der Waals surface area contributed by atoms with Crippen molar-refractivity contribution < 1.29 is 14.3 Å². The second kappa shape index (κ2) is 8.85. The van der Waals surface area contributed by atoms with Crippen LogP contribution in [0.3, 0.4) is 0 Å². The number of ether oxygens (including phenoxy) is 1. The molecule has 138 valence electrons. The Balaban J connectivity index is 1.43. The third kappa shape index (κ3) is 4.85. The van der Waals surface area contributed by atoms with E-state index in [1.165, 1.54) is 41.0 Å². The van der Waals surface area contributed by atoms with Gasteiger partial charge in [0.15, 0.2) is 0 Å². The smallest absolute Gasteiger partial charge is 0.279 e. The summed E-state index contributed by atoms with van der Waals surface area (Å²) in [6.07, 6.45) is 5.89. The Morgan fingerprint density at radius 3 is 2.77 bits per heavy atom. The van der Waals surface area contributed by atoms with Gasteiger partial charge in [-0.15, -0.1) is 11.3 Å². The van der Waals surface area contributed by atoms with Gasteiger partial charge in [0.1, 0.15) is 5.75 Å². The molecule has 1 aliphatic carbocycles. The first-order valence-electron chi connectivity index (χ1n) is 9.02. The van der Waals surface area contributed by atoms with Crippen LogP contribution in [-0.2, 0) is 17.6 Å². The van der Waals surface area contributed by atoms with Crippen LogP contribution in [0.2, 0.25) is 0 Å². The molecule has 2 N–H and O–H groups in total. The number of aryl methyl sites for hydroxylation is 3. The van der Waals surface area contributed by atoms with Crippen LogP contribution >= 0.6 is 11.3 Å². The third-order valence-electron chi connectivity index (χ3n) is 4.47. The number of thiophene rings is 1. The number of nitrogens with one attached hydrogen (secondary N) is 2. The molecular weight excluding hydrogens is 348 g/mol. The lowest BCUT2D eigenvalue weighted by Gasteiger charge is -2.09. The molecule has 0 saturated carbocycles. The van der Waals surface area contributed by atoms with Crippen molar-refractivity contribution in [3.05, 3.63) is 51.2 Å². The highest BCUT2D eigenvalue weighted by Crippen LogP contribution is 2.28. The van der Waals surface area contributed by atoms with Gasteiger partial charge in [0.05, 0.1) is 17.9 Å². The van der Waals surface area contributed by atoms with E-state index in [0.717, 1.165) is 24.2 Å². The van der Waals surface area contributed by atoms with Gasteiger partial charge in [-0.1, -0.05) is 24.6 Å². The lowest BCUT2D eigenvalue weighted by molar-refractivity contribution is -0.122. The summed E-state index contributed by atoms with van der Waals surface area (Å²) < 4.78 is 5.59. The van der Waals surface area contributed by atoms with Crippen molar-refractivity contribution >= 4 is 23.2 Å². The number of benzene rings is 1. The molecule has 1 heterocycles. The molecule has 0 aliphatic heterocycles. The second-order valence-electron chi connectivity index (χ2n) is 6.49. The minimum atomic E-state index is -0.273. The summed E-state index contributed by atoms with van der Waals surface area (Å²) in [4.78, 5) is 26.1. The number of para-hydroxylation sites is 1. The number of hydrogen-bond acceptors (Lipinski definition) is 4. The fourth-order valence-corrected chi connectivity index (χ4v) is 4.15. The minimum absolute atomic E-state index is 0.176. The summed E-state index contributed by atoms with van der Waals surface area (Å²) in [6, 6.07) is 9.63. The van der Waals surface area contributed by atoms with Crippen LogP contribution in [0.4, 0.5) is 0 Å². The number of carbonyl (C=O) groups is 2. The van der Waals surface area contributed by atoms with E-state index in [2.05, 4.69) is 10.9 Å². The molecule has 0 bridgehead atoms. The van der Waals surface area contributed by atoms with Crippen LogP contribution in [0.25, 0.3) is 0 Å². The Hall–Kier alpha value is -2.34. The molecular formula is C20H24N2O3S. The Morgan fingerprint density at radius 1 is 1.12 bits per heavy atom. The zero-order valence-electron chi connectivity index (χ0n) is 15.0. The van der Waals surface area contributed by atoms with Gasteiger partial charge < -0.3 is 4.74 Å². The van der Waals surface area contributed by atoms with E-state index >= 15 is 0 Å². The van der Waals surface area contributed by atoms with Gasteiger partial charge in [0.2, 0.25) is 5.91 Å². The normalized spacial score (nSPS) is 13.4. The maximum Gasteiger partial charge on any atom is 0.279 e. The summed E-state index contributed by atoms with van der Waals surface area (Å²) in [5.41, 5.74) is 7.28. The van der Waals surface area contributed by atoms with E-state index in [1.807, 2.05) is 37.3 Å². The zero-order chi connectivity index (χ0) is 18.4. The molecule has 0 atom stereocenters. The van der Waals surface area contributed by atoms with E-state index < -0.39 is 0 Å². The summed E-state index contributed by atoms with van der Waals surface area (Å²) in [5.74, 6) is 0.241. The van der Waals surface area contributed by atoms with Crippen LogP contribution in [0.5, 0.6) is 5.75 Å². The molecule has 2 amide bonds. The molecule has 5 nitrogen and oxygen atoms in total. The van der Waals surface area contributed by atoms with Crippen molar-refractivity contribution in [2.24, 2.45) is 0 Å². The molecule has 0 fully saturated rings. The third-order valence-corrected chi connectivity index (χ3v) is 5.70. The van der Waals surface area contributed by atoms with Crippen molar-refractivity contribution in [2.45, 2.75) is 45.4 Å². The molecule has 3 rings (SSSR count). The number of hydrazine groups is 1. The number of amides is 2. The van der Waals surface area contributed by atoms with Crippen LogP contribution in [-0.4, -0.2) is 18.4 Å². The van der Waals surface area contributed by atoms with Crippen LogP contribution in [0.15, 0.2) is 30.3 Å². The number of fused-ring (bicyclic) bond motifs is 1. The standard InChI is InChI=1S/C20H24N2O3S/c1-14-7-5-6-9-16(14)25-12-11-19(23)21-22-20(24)18-13-15-8-3-2-4-10-17(15)26-18/h5-7,9,13H,2-4,8,10-12H2,1H3,(H,21,23)(H,22,24). The summed E-state index contributed by atoms with van der Waals surface area (Å²) in [7, 11) is 0. The van der Waals surface area contributed by atoms with E-state index in [9.17, 15) is 9.59 Å². The number of rotatable bonds is 5. The van der Waals surface area contributed by atoms with Gasteiger partial charge in [0.25, 0.3) is 5.91 Å². The predicted molar refractivity (Wildman–Crippen MR) is 102 cm³/mol. The van der Waals surface area contributed by atoms with E-state index in [1.54, 1.807) is 0 Å². The number of hydrogen-bond donors (Lipinski definition) is 2. The Bertz CT molecular complexity index is 762. The lowest BCUT2D eigenvalue weighted by Crippen LogP contribution is -2.41. The second-order valence-corrected chi connectivity index (χ2v) is 7.62. The quantitative estimate of drug-likeness (QED) is 0.623. The Morgan fingerprint density at radius 2 is 1.92 bits per heavy atom. The van der Waals surface area contributed by atoms with Crippen LogP contribution < -0.4 is 15.6 Å². The highest BCUT2D eigenvalue weighted by atomic mass is 32.1. The SMILES string of the molecule is Cc1ccccc1OCCC(=O)NNC(=O)c1cc2c(s1)CCCCC2. The molecule has 1 aliphatic rings.